The average Bonchev–Trinajstić information content (AvgIpc) is 2.40. The second kappa shape index (κ2) is 4.44. The third kappa shape index (κ3) is 1.98. The van der Waals surface area contributed by atoms with Gasteiger partial charge in [0.05, 0.1) is 16.0 Å². The molecule has 94 valence electrons. The number of benzene rings is 2. The zero-order valence-electron chi connectivity index (χ0n) is 9.76. The minimum absolute atomic E-state index is 0.0528. The van der Waals surface area contributed by atoms with E-state index in [0.717, 1.165) is 0 Å². The summed E-state index contributed by atoms with van der Waals surface area (Å²) in [4.78, 5) is 12.0. The van der Waals surface area contributed by atoms with Crippen LogP contribution in [0.5, 0.6) is 5.75 Å². The predicted molar refractivity (Wildman–Crippen MR) is 74.6 cm³/mol. The van der Waals surface area contributed by atoms with Crippen LogP contribution in [0.2, 0.25) is 5.02 Å². The van der Waals surface area contributed by atoms with Gasteiger partial charge < -0.3 is 9.52 Å². The Balaban J connectivity index is 2.36. The van der Waals surface area contributed by atoms with Crippen LogP contribution < -0.4 is 5.43 Å². The summed E-state index contributed by atoms with van der Waals surface area (Å²) in [7, 11) is 0. The molecule has 0 bridgehead atoms. The van der Waals surface area contributed by atoms with Crippen LogP contribution in [-0.2, 0) is 0 Å². The van der Waals surface area contributed by atoms with Gasteiger partial charge in [0.1, 0.15) is 11.5 Å². The number of para-hydroxylation sites is 2. The Labute approximate surface area is 113 Å². The predicted octanol–water partition coefficient (Wildman–Crippen LogP) is 3.82. The van der Waals surface area contributed by atoms with Gasteiger partial charge in [0, 0.05) is 6.07 Å². The molecule has 0 aliphatic carbocycles. The first-order chi connectivity index (χ1) is 9.16. The Morgan fingerprint density at radius 2 is 1.84 bits per heavy atom. The molecular formula is C15H9ClO3. The van der Waals surface area contributed by atoms with E-state index in [-0.39, 0.29) is 11.2 Å². The highest BCUT2D eigenvalue weighted by Gasteiger charge is 2.11. The Morgan fingerprint density at radius 1 is 1.05 bits per heavy atom. The second-order valence-electron chi connectivity index (χ2n) is 4.11. The van der Waals surface area contributed by atoms with Crippen molar-refractivity contribution in [3.63, 3.8) is 0 Å². The van der Waals surface area contributed by atoms with Crippen LogP contribution in [0.25, 0.3) is 22.3 Å². The van der Waals surface area contributed by atoms with E-state index in [1.807, 2.05) is 0 Å². The van der Waals surface area contributed by atoms with Gasteiger partial charge in [0.25, 0.3) is 0 Å². The summed E-state index contributed by atoms with van der Waals surface area (Å²) >= 11 is 6.03. The van der Waals surface area contributed by atoms with Crippen molar-refractivity contribution in [2.45, 2.75) is 0 Å². The molecule has 0 aliphatic heterocycles. The smallest absolute Gasteiger partial charge is 0.193 e. The minimum Gasteiger partial charge on any atom is -0.507 e. The van der Waals surface area contributed by atoms with E-state index in [2.05, 4.69) is 0 Å². The molecule has 4 heteroatoms. The van der Waals surface area contributed by atoms with Gasteiger partial charge in [0.2, 0.25) is 0 Å². The first-order valence-electron chi connectivity index (χ1n) is 5.67. The van der Waals surface area contributed by atoms with Gasteiger partial charge in [-0.15, -0.1) is 0 Å². The monoisotopic (exact) mass is 272 g/mol. The SMILES string of the molecule is O=c1cc(-c2ccccc2O)oc2c(Cl)cccc12. The van der Waals surface area contributed by atoms with Gasteiger partial charge in [-0.3, -0.25) is 4.79 Å². The van der Waals surface area contributed by atoms with Crippen molar-refractivity contribution in [3.05, 3.63) is 63.8 Å². The normalized spacial score (nSPS) is 10.8. The zero-order valence-corrected chi connectivity index (χ0v) is 10.5. The molecule has 0 radical (unpaired) electrons. The highest BCUT2D eigenvalue weighted by atomic mass is 35.5. The molecule has 0 amide bonds. The molecular weight excluding hydrogens is 264 g/mol. The van der Waals surface area contributed by atoms with Crippen LogP contribution in [0.4, 0.5) is 0 Å². The van der Waals surface area contributed by atoms with Crippen LogP contribution in [0.3, 0.4) is 0 Å². The number of rotatable bonds is 1. The maximum absolute atomic E-state index is 12.0. The fourth-order valence-corrected chi connectivity index (χ4v) is 2.17. The van der Waals surface area contributed by atoms with Crippen LogP contribution >= 0.6 is 11.6 Å². The first-order valence-corrected chi connectivity index (χ1v) is 6.05. The molecule has 3 nitrogen and oxygen atoms in total. The Hall–Kier alpha value is -2.26. The lowest BCUT2D eigenvalue weighted by Crippen LogP contribution is -2.00. The van der Waals surface area contributed by atoms with Gasteiger partial charge in [-0.2, -0.15) is 0 Å². The number of aromatic hydroxyl groups is 1. The van der Waals surface area contributed by atoms with E-state index in [0.29, 0.717) is 27.3 Å². The van der Waals surface area contributed by atoms with Crippen molar-refractivity contribution in [1.29, 1.82) is 0 Å². The van der Waals surface area contributed by atoms with E-state index >= 15 is 0 Å². The maximum atomic E-state index is 12.0. The molecule has 0 aliphatic rings. The highest BCUT2D eigenvalue weighted by Crippen LogP contribution is 2.31. The molecule has 0 unspecified atom stereocenters. The maximum Gasteiger partial charge on any atom is 0.193 e. The molecule has 3 rings (SSSR count). The fourth-order valence-electron chi connectivity index (χ4n) is 1.96. The summed E-state index contributed by atoms with van der Waals surface area (Å²) in [6.07, 6.45) is 0. The van der Waals surface area contributed by atoms with E-state index in [4.69, 9.17) is 16.0 Å². The zero-order chi connectivity index (χ0) is 13.4. The quantitative estimate of drug-likeness (QED) is 0.733. The molecule has 19 heavy (non-hydrogen) atoms. The van der Waals surface area contributed by atoms with Gasteiger partial charge in [0.15, 0.2) is 11.0 Å². The summed E-state index contributed by atoms with van der Waals surface area (Å²) in [5, 5.41) is 10.6. The molecule has 0 atom stereocenters. The number of hydrogen-bond acceptors (Lipinski definition) is 3. The number of fused-ring (bicyclic) bond motifs is 1. The average molecular weight is 273 g/mol. The molecule has 0 fully saturated rings. The molecule has 0 saturated heterocycles. The Morgan fingerprint density at radius 3 is 2.63 bits per heavy atom. The molecule has 1 N–H and O–H groups in total. The molecule has 1 aromatic heterocycles. The third-order valence-corrected chi connectivity index (χ3v) is 3.17. The lowest BCUT2D eigenvalue weighted by Gasteiger charge is -2.05. The summed E-state index contributed by atoms with van der Waals surface area (Å²) in [5.74, 6) is 0.348. The largest absolute Gasteiger partial charge is 0.507 e. The number of halogens is 1. The van der Waals surface area contributed by atoms with Gasteiger partial charge in [-0.1, -0.05) is 29.8 Å². The Kier molecular flexibility index (Phi) is 2.76. The molecule has 3 aromatic rings. The fraction of sp³-hybridized carbons (Fsp3) is 0. The third-order valence-electron chi connectivity index (χ3n) is 2.88. The van der Waals surface area contributed by atoms with E-state index in [1.54, 1.807) is 36.4 Å². The highest BCUT2D eigenvalue weighted by molar-refractivity contribution is 6.34. The van der Waals surface area contributed by atoms with E-state index in [1.165, 1.54) is 12.1 Å². The molecule has 2 aromatic carbocycles. The van der Waals surface area contributed by atoms with Crippen LogP contribution in [0, 0.1) is 0 Å². The molecule has 1 heterocycles. The van der Waals surface area contributed by atoms with Crippen molar-refractivity contribution in [2.24, 2.45) is 0 Å². The molecule has 0 saturated carbocycles. The minimum atomic E-state index is -0.193. The topological polar surface area (TPSA) is 50.4 Å². The van der Waals surface area contributed by atoms with Gasteiger partial charge >= 0.3 is 0 Å². The Bertz CT molecular complexity index is 821. The van der Waals surface area contributed by atoms with E-state index < -0.39 is 0 Å². The van der Waals surface area contributed by atoms with Gasteiger partial charge in [-0.25, -0.2) is 0 Å². The van der Waals surface area contributed by atoms with E-state index in [9.17, 15) is 9.90 Å². The van der Waals surface area contributed by atoms with Gasteiger partial charge in [-0.05, 0) is 24.3 Å². The summed E-state index contributed by atoms with van der Waals surface area (Å²) in [5.41, 5.74) is 0.596. The van der Waals surface area contributed by atoms with Crippen molar-refractivity contribution in [1.82, 2.24) is 0 Å². The van der Waals surface area contributed by atoms with Crippen molar-refractivity contribution < 1.29 is 9.52 Å². The van der Waals surface area contributed by atoms with Crippen LogP contribution in [0.15, 0.2) is 57.7 Å². The second-order valence-corrected chi connectivity index (χ2v) is 4.52. The van der Waals surface area contributed by atoms with Crippen molar-refractivity contribution in [3.8, 4) is 17.1 Å². The summed E-state index contributed by atoms with van der Waals surface area (Å²) in [6.45, 7) is 0. The summed E-state index contributed by atoms with van der Waals surface area (Å²) < 4.78 is 5.65. The number of phenols is 1. The van der Waals surface area contributed by atoms with Crippen molar-refractivity contribution in [2.75, 3.05) is 0 Å². The standard InChI is InChI=1S/C15H9ClO3/c16-11-6-3-5-10-13(18)8-14(19-15(10)11)9-4-1-2-7-12(9)17/h1-8,17H. The number of hydrogen-bond donors (Lipinski definition) is 1. The lowest BCUT2D eigenvalue weighted by molar-refractivity contribution is 0.474. The van der Waals surface area contributed by atoms with Crippen molar-refractivity contribution >= 4 is 22.6 Å². The lowest BCUT2D eigenvalue weighted by atomic mass is 10.1. The number of phenolic OH excluding ortho intramolecular Hbond substituents is 1. The van der Waals surface area contributed by atoms with Crippen LogP contribution in [0.1, 0.15) is 0 Å². The summed E-state index contributed by atoms with van der Waals surface area (Å²) in [6, 6.07) is 13.0. The molecule has 0 spiro atoms. The first kappa shape index (κ1) is 11.8. The van der Waals surface area contributed by atoms with Crippen LogP contribution in [-0.4, -0.2) is 5.11 Å².